The van der Waals surface area contributed by atoms with E-state index >= 15 is 0 Å². The number of hydrogen-bond acceptors (Lipinski definition) is 4. The van der Waals surface area contributed by atoms with Crippen molar-refractivity contribution < 1.29 is 14.6 Å². The molecule has 0 amide bonds. The maximum atomic E-state index is 11.6. The first-order valence-electron chi connectivity index (χ1n) is 8.88. The molecular weight excluding hydrogens is 346 g/mol. The van der Waals surface area contributed by atoms with Crippen molar-refractivity contribution in [2.24, 2.45) is 5.41 Å². The lowest BCUT2D eigenvalue weighted by molar-refractivity contribution is -0.149. The summed E-state index contributed by atoms with van der Waals surface area (Å²) in [6.07, 6.45) is 1.23. The molecule has 140 valence electrons. The van der Waals surface area contributed by atoms with Crippen LogP contribution in [0.1, 0.15) is 32.3 Å². The van der Waals surface area contributed by atoms with Gasteiger partial charge in [0.05, 0.1) is 12.5 Å². The van der Waals surface area contributed by atoms with E-state index in [1.807, 2.05) is 44.2 Å². The second-order valence-electron chi connectivity index (χ2n) is 6.28. The van der Waals surface area contributed by atoms with Crippen LogP contribution in [0.5, 0.6) is 5.75 Å². The van der Waals surface area contributed by atoms with E-state index in [0.717, 1.165) is 21.1 Å². The summed E-state index contributed by atoms with van der Waals surface area (Å²) in [5, 5.41) is 12.9. The lowest BCUT2D eigenvalue weighted by Gasteiger charge is -2.27. The van der Waals surface area contributed by atoms with Crippen LogP contribution in [-0.2, 0) is 11.3 Å². The van der Waals surface area contributed by atoms with E-state index in [-0.39, 0.29) is 0 Å². The quantitative estimate of drug-likeness (QED) is 0.625. The first-order valence-corrected chi connectivity index (χ1v) is 9.70. The Balaban J connectivity index is 2.08. The molecule has 2 rings (SSSR count). The van der Waals surface area contributed by atoms with Crippen molar-refractivity contribution in [2.75, 3.05) is 13.7 Å². The third kappa shape index (κ3) is 5.02. The van der Waals surface area contributed by atoms with Crippen LogP contribution in [0.15, 0.2) is 58.3 Å². The number of carbonyl (C=O) groups is 1. The standard InChI is InChI=1S/C21H27NO3S/c1-4-21(5-2,20(23)24)15-22-14-16-9-6-7-12-19(16)26-18-11-8-10-17(13-18)25-3/h6-13,22H,4-5,14-15H2,1-3H3,(H,23,24). The molecule has 0 aliphatic heterocycles. The van der Waals surface area contributed by atoms with Crippen molar-refractivity contribution in [1.29, 1.82) is 0 Å². The van der Waals surface area contributed by atoms with Gasteiger partial charge in [0, 0.05) is 22.9 Å². The highest BCUT2D eigenvalue weighted by Gasteiger charge is 2.34. The van der Waals surface area contributed by atoms with Gasteiger partial charge in [-0.1, -0.05) is 49.9 Å². The molecule has 0 atom stereocenters. The van der Waals surface area contributed by atoms with Gasteiger partial charge in [-0.15, -0.1) is 0 Å². The van der Waals surface area contributed by atoms with E-state index in [1.54, 1.807) is 18.9 Å². The molecule has 5 heteroatoms. The molecule has 0 fully saturated rings. The van der Waals surface area contributed by atoms with E-state index in [4.69, 9.17) is 4.74 Å². The number of benzene rings is 2. The summed E-state index contributed by atoms with van der Waals surface area (Å²) >= 11 is 1.68. The van der Waals surface area contributed by atoms with Crippen LogP contribution in [0.4, 0.5) is 0 Å². The van der Waals surface area contributed by atoms with Crippen molar-refractivity contribution in [2.45, 2.75) is 43.0 Å². The Morgan fingerprint density at radius 2 is 1.88 bits per heavy atom. The van der Waals surface area contributed by atoms with Crippen LogP contribution in [0.2, 0.25) is 0 Å². The monoisotopic (exact) mass is 373 g/mol. The molecule has 0 aromatic heterocycles. The number of rotatable bonds is 10. The van der Waals surface area contributed by atoms with Crippen LogP contribution in [0, 0.1) is 5.41 Å². The first-order chi connectivity index (χ1) is 12.5. The van der Waals surface area contributed by atoms with Gasteiger partial charge in [-0.2, -0.15) is 0 Å². The van der Waals surface area contributed by atoms with Crippen molar-refractivity contribution in [1.82, 2.24) is 5.32 Å². The molecule has 0 unspecified atom stereocenters. The summed E-state index contributed by atoms with van der Waals surface area (Å²) in [4.78, 5) is 13.9. The zero-order valence-corrected chi connectivity index (χ0v) is 16.4. The molecule has 2 aromatic carbocycles. The number of nitrogens with one attached hydrogen (secondary N) is 1. The predicted molar refractivity (Wildman–Crippen MR) is 106 cm³/mol. The number of carboxylic acid groups (broad SMARTS) is 1. The normalized spacial score (nSPS) is 11.3. The van der Waals surface area contributed by atoms with Gasteiger partial charge in [-0.05, 0) is 42.7 Å². The lowest BCUT2D eigenvalue weighted by Crippen LogP contribution is -2.40. The number of ether oxygens (including phenoxy) is 1. The van der Waals surface area contributed by atoms with Gasteiger partial charge < -0.3 is 15.2 Å². The maximum absolute atomic E-state index is 11.6. The Labute approximate surface area is 160 Å². The molecular formula is C21H27NO3S. The van der Waals surface area contributed by atoms with Crippen LogP contribution in [-0.4, -0.2) is 24.7 Å². The van der Waals surface area contributed by atoms with Gasteiger partial charge in [0.1, 0.15) is 5.75 Å². The van der Waals surface area contributed by atoms with E-state index in [0.29, 0.717) is 25.9 Å². The average molecular weight is 374 g/mol. The van der Waals surface area contributed by atoms with Gasteiger partial charge >= 0.3 is 5.97 Å². The Morgan fingerprint density at radius 3 is 2.54 bits per heavy atom. The fourth-order valence-electron chi connectivity index (χ4n) is 2.86. The molecule has 0 saturated carbocycles. The summed E-state index contributed by atoms with van der Waals surface area (Å²) < 4.78 is 5.29. The minimum atomic E-state index is -0.728. The summed E-state index contributed by atoms with van der Waals surface area (Å²) in [6.45, 7) is 4.98. The summed E-state index contributed by atoms with van der Waals surface area (Å²) in [5.41, 5.74) is 0.460. The van der Waals surface area contributed by atoms with Gasteiger partial charge in [-0.3, -0.25) is 4.79 Å². The summed E-state index contributed by atoms with van der Waals surface area (Å²) in [7, 11) is 1.66. The van der Waals surface area contributed by atoms with Gasteiger partial charge in [0.2, 0.25) is 0 Å². The van der Waals surface area contributed by atoms with Gasteiger partial charge in [-0.25, -0.2) is 0 Å². The SMILES string of the molecule is CCC(CC)(CNCc1ccccc1Sc1cccc(OC)c1)C(=O)O. The third-order valence-corrected chi connectivity index (χ3v) is 5.94. The Kier molecular flexibility index (Phi) is 7.54. The fourth-order valence-corrected chi connectivity index (χ4v) is 3.85. The molecule has 0 aliphatic carbocycles. The zero-order valence-electron chi connectivity index (χ0n) is 15.6. The van der Waals surface area contributed by atoms with E-state index in [2.05, 4.69) is 23.5 Å². The average Bonchev–Trinajstić information content (AvgIpc) is 2.66. The fraction of sp³-hybridized carbons (Fsp3) is 0.381. The minimum absolute atomic E-state index is 0.466. The van der Waals surface area contributed by atoms with E-state index in [9.17, 15) is 9.90 Å². The van der Waals surface area contributed by atoms with Crippen molar-refractivity contribution >= 4 is 17.7 Å². The Morgan fingerprint density at radius 1 is 1.15 bits per heavy atom. The Hall–Kier alpha value is -1.98. The molecule has 26 heavy (non-hydrogen) atoms. The van der Waals surface area contributed by atoms with E-state index < -0.39 is 11.4 Å². The molecule has 2 N–H and O–H groups in total. The minimum Gasteiger partial charge on any atom is -0.497 e. The number of methoxy groups -OCH3 is 1. The topological polar surface area (TPSA) is 58.6 Å². The number of hydrogen-bond donors (Lipinski definition) is 2. The Bertz CT molecular complexity index is 729. The third-order valence-electron chi connectivity index (χ3n) is 4.83. The van der Waals surface area contributed by atoms with Gasteiger partial charge in [0.15, 0.2) is 0 Å². The molecule has 0 saturated heterocycles. The van der Waals surface area contributed by atoms with Crippen molar-refractivity contribution in [3.63, 3.8) is 0 Å². The van der Waals surface area contributed by atoms with Crippen molar-refractivity contribution in [3.05, 3.63) is 54.1 Å². The van der Waals surface area contributed by atoms with Crippen LogP contribution >= 0.6 is 11.8 Å². The maximum Gasteiger partial charge on any atom is 0.310 e. The highest BCUT2D eigenvalue weighted by Crippen LogP contribution is 2.32. The highest BCUT2D eigenvalue weighted by atomic mass is 32.2. The highest BCUT2D eigenvalue weighted by molar-refractivity contribution is 7.99. The van der Waals surface area contributed by atoms with Crippen molar-refractivity contribution in [3.8, 4) is 5.75 Å². The van der Waals surface area contributed by atoms with E-state index in [1.165, 1.54) is 0 Å². The largest absolute Gasteiger partial charge is 0.497 e. The number of carboxylic acids is 1. The first kappa shape index (κ1) is 20.3. The lowest BCUT2D eigenvalue weighted by atomic mass is 9.82. The molecule has 2 aromatic rings. The molecule has 0 spiro atoms. The second-order valence-corrected chi connectivity index (χ2v) is 7.40. The predicted octanol–water partition coefficient (Wildman–Crippen LogP) is 4.83. The molecule has 0 aliphatic rings. The smallest absolute Gasteiger partial charge is 0.310 e. The zero-order chi connectivity index (χ0) is 19.0. The van der Waals surface area contributed by atoms with Crippen LogP contribution < -0.4 is 10.1 Å². The molecule has 0 radical (unpaired) electrons. The van der Waals surface area contributed by atoms with Crippen LogP contribution in [0.3, 0.4) is 0 Å². The second kappa shape index (κ2) is 9.64. The molecule has 0 bridgehead atoms. The van der Waals surface area contributed by atoms with Gasteiger partial charge in [0.25, 0.3) is 0 Å². The summed E-state index contributed by atoms with van der Waals surface area (Å²) in [5.74, 6) is 0.108. The number of aliphatic carboxylic acids is 1. The molecule has 0 heterocycles. The van der Waals surface area contributed by atoms with Crippen LogP contribution in [0.25, 0.3) is 0 Å². The molecule has 4 nitrogen and oxygen atoms in total. The summed E-state index contributed by atoms with van der Waals surface area (Å²) in [6, 6.07) is 16.2.